The zero-order valence-electron chi connectivity index (χ0n) is 21.4. The molecule has 0 aromatic rings. The number of amides is 3. The lowest BCUT2D eigenvalue weighted by molar-refractivity contribution is -0.142. The van der Waals surface area contributed by atoms with Crippen LogP contribution in [-0.4, -0.2) is 83.2 Å². The van der Waals surface area contributed by atoms with Gasteiger partial charge in [-0.25, -0.2) is 4.79 Å². The van der Waals surface area contributed by atoms with Gasteiger partial charge >= 0.3 is 5.97 Å². The van der Waals surface area contributed by atoms with Gasteiger partial charge in [0, 0.05) is 6.54 Å². The first-order valence-electron chi connectivity index (χ1n) is 12.1. The fraction of sp³-hybridized carbons (Fsp3) is 0.773. The van der Waals surface area contributed by atoms with E-state index in [1.807, 2.05) is 13.8 Å². The third-order valence-electron chi connectivity index (χ3n) is 5.30. The van der Waals surface area contributed by atoms with Crippen molar-refractivity contribution < 1.29 is 29.4 Å². The van der Waals surface area contributed by atoms with Gasteiger partial charge in [0.05, 0.1) is 6.10 Å². The molecule has 14 heteroatoms. The number of rotatable bonds is 18. The number of carbonyl (C=O) groups is 4. The van der Waals surface area contributed by atoms with Crippen LogP contribution in [0.4, 0.5) is 0 Å². The molecular weight excluding hydrogens is 472 g/mol. The lowest BCUT2D eigenvalue weighted by Crippen LogP contribution is -2.58. The Hall–Kier alpha value is -2.97. The van der Waals surface area contributed by atoms with Crippen molar-refractivity contribution >= 4 is 29.7 Å². The number of unbranched alkanes of at least 4 members (excludes halogenated alkanes) is 1. The molecule has 0 radical (unpaired) electrons. The molecule has 208 valence electrons. The SMILES string of the molecule is CC(C)CC(NC(=O)C(CCCCN)NC(=O)C(N)C(C)O)C(=O)NC(CCCN=C(N)N)C(=O)O. The zero-order valence-corrected chi connectivity index (χ0v) is 21.4. The molecule has 36 heavy (non-hydrogen) atoms. The molecule has 13 N–H and O–H groups in total. The van der Waals surface area contributed by atoms with Crippen LogP contribution < -0.4 is 38.9 Å². The Morgan fingerprint density at radius 3 is 1.86 bits per heavy atom. The van der Waals surface area contributed by atoms with Crippen LogP contribution in [0.15, 0.2) is 4.99 Å². The molecule has 0 aliphatic heterocycles. The second-order valence-electron chi connectivity index (χ2n) is 9.15. The number of carbonyl (C=O) groups excluding carboxylic acids is 3. The van der Waals surface area contributed by atoms with Crippen molar-refractivity contribution in [2.45, 2.75) is 89.6 Å². The highest BCUT2D eigenvalue weighted by Gasteiger charge is 2.31. The number of aliphatic hydroxyl groups excluding tert-OH is 1. The number of carboxylic acid groups (broad SMARTS) is 1. The molecule has 0 rings (SSSR count). The van der Waals surface area contributed by atoms with Crippen molar-refractivity contribution in [3.05, 3.63) is 0 Å². The monoisotopic (exact) mass is 516 g/mol. The summed E-state index contributed by atoms with van der Waals surface area (Å²) in [6, 6.07) is -4.51. The van der Waals surface area contributed by atoms with Gasteiger partial charge in [-0.2, -0.15) is 0 Å². The number of carboxylic acids is 1. The van der Waals surface area contributed by atoms with Crippen LogP contribution in [0.2, 0.25) is 0 Å². The summed E-state index contributed by atoms with van der Waals surface area (Å²) in [6.45, 7) is 5.64. The van der Waals surface area contributed by atoms with Crippen LogP contribution in [0.3, 0.4) is 0 Å². The standard InChI is InChI=1S/C22H44N8O6/c1-12(2)11-16(19(33)29-15(21(35)36)8-6-10-27-22(25)26)30-18(32)14(7-4-5-9-23)28-20(34)17(24)13(3)31/h12-17,31H,4-11,23-24H2,1-3H3,(H,28,34)(H,29,33)(H,30,32)(H,35,36)(H4,25,26,27). The van der Waals surface area contributed by atoms with Crippen molar-refractivity contribution in [2.24, 2.45) is 33.8 Å². The van der Waals surface area contributed by atoms with E-state index in [0.29, 0.717) is 25.8 Å². The van der Waals surface area contributed by atoms with Crippen LogP contribution >= 0.6 is 0 Å². The third-order valence-corrected chi connectivity index (χ3v) is 5.30. The number of aliphatic hydroxyl groups is 1. The molecule has 0 spiro atoms. The molecule has 0 aromatic carbocycles. The van der Waals surface area contributed by atoms with Crippen LogP contribution in [0.1, 0.15) is 59.3 Å². The van der Waals surface area contributed by atoms with E-state index in [1.165, 1.54) is 6.92 Å². The Balaban J connectivity index is 5.47. The van der Waals surface area contributed by atoms with Crippen LogP contribution in [-0.2, 0) is 19.2 Å². The number of guanidine groups is 1. The molecule has 0 aromatic heterocycles. The molecular formula is C22H44N8O6. The van der Waals surface area contributed by atoms with Crippen LogP contribution in [0.25, 0.3) is 0 Å². The fourth-order valence-corrected chi connectivity index (χ4v) is 3.26. The van der Waals surface area contributed by atoms with Crippen molar-refractivity contribution in [3.8, 4) is 0 Å². The first kappa shape index (κ1) is 33.0. The Kier molecular flexibility index (Phi) is 16.0. The number of hydrogen-bond donors (Lipinski definition) is 9. The lowest BCUT2D eigenvalue weighted by Gasteiger charge is -2.26. The quantitative estimate of drug-likeness (QED) is 0.0523. The molecule has 14 nitrogen and oxygen atoms in total. The summed E-state index contributed by atoms with van der Waals surface area (Å²) in [5, 5.41) is 26.7. The van der Waals surface area contributed by atoms with E-state index in [2.05, 4.69) is 20.9 Å². The van der Waals surface area contributed by atoms with E-state index >= 15 is 0 Å². The summed E-state index contributed by atoms with van der Waals surface area (Å²) in [5.41, 5.74) is 21.7. The summed E-state index contributed by atoms with van der Waals surface area (Å²) < 4.78 is 0. The molecule has 0 aliphatic rings. The van der Waals surface area contributed by atoms with E-state index in [9.17, 15) is 29.4 Å². The average molecular weight is 517 g/mol. The van der Waals surface area contributed by atoms with Crippen molar-refractivity contribution in [2.75, 3.05) is 13.1 Å². The summed E-state index contributed by atoms with van der Waals surface area (Å²) in [5.74, 6) is -3.37. The largest absolute Gasteiger partial charge is 0.480 e. The minimum atomic E-state index is -1.24. The summed E-state index contributed by atoms with van der Waals surface area (Å²) in [7, 11) is 0. The maximum Gasteiger partial charge on any atom is 0.326 e. The smallest absolute Gasteiger partial charge is 0.326 e. The number of nitrogens with one attached hydrogen (secondary N) is 3. The molecule has 3 amide bonds. The Labute approximate surface area is 212 Å². The minimum absolute atomic E-state index is 0.0138. The zero-order chi connectivity index (χ0) is 27.8. The summed E-state index contributed by atoms with van der Waals surface area (Å²) in [6.07, 6.45) is 0.866. The third kappa shape index (κ3) is 13.8. The number of hydrogen-bond acceptors (Lipinski definition) is 8. The number of aliphatic imine (C=N–C) groups is 1. The molecule has 0 heterocycles. The highest BCUT2D eigenvalue weighted by molar-refractivity contribution is 5.94. The van der Waals surface area contributed by atoms with Crippen molar-refractivity contribution in [1.82, 2.24) is 16.0 Å². The predicted octanol–water partition coefficient (Wildman–Crippen LogP) is -2.54. The van der Waals surface area contributed by atoms with Gasteiger partial charge in [0.15, 0.2) is 5.96 Å². The number of nitrogens with two attached hydrogens (primary N) is 4. The fourth-order valence-electron chi connectivity index (χ4n) is 3.26. The summed E-state index contributed by atoms with van der Waals surface area (Å²) in [4.78, 5) is 53.8. The van der Waals surface area contributed by atoms with Gasteiger partial charge in [-0.05, 0) is 57.9 Å². The molecule has 0 fully saturated rings. The first-order valence-corrected chi connectivity index (χ1v) is 12.1. The van der Waals surface area contributed by atoms with Crippen molar-refractivity contribution in [1.29, 1.82) is 0 Å². The Bertz CT molecular complexity index is 742. The second kappa shape index (κ2) is 17.5. The highest BCUT2D eigenvalue weighted by Crippen LogP contribution is 2.09. The Morgan fingerprint density at radius 1 is 0.833 bits per heavy atom. The van der Waals surface area contributed by atoms with E-state index in [1.54, 1.807) is 0 Å². The lowest BCUT2D eigenvalue weighted by atomic mass is 10.0. The number of aliphatic carboxylic acids is 1. The maximum atomic E-state index is 13.1. The Morgan fingerprint density at radius 2 is 1.36 bits per heavy atom. The molecule has 0 bridgehead atoms. The van der Waals surface area contributed by atoms with Gasteiger partial charge in [-0.15, -0.1) is 0 Å². The predicted molar refractivity (Wildman–Crippen MR) is 135 cm³/mol. The van der Waals surface area contributed by atoms with Gasteiger partial charge in [0.25, 0.3) is 0 Å². The second-order valence-corrected chi connectivity index (χ2v) is 9.15. The minimum Gasteiger partial charge on any atom is -0.480 e. The molecule has 5 atom stereocenters. The average Bonchev–Trinajstić information content (AvgIpc) is 2.78. The maximum absolute atomic E-state index is 13.1. The van der Waals surface area contributed by atoms with Crippen molar-refractivity contribution in [3.63, 3.8) is 0 Å². The van der Waals surface area contributed by atoms with E-state index in [0.717, 1.165) is 0 Å². The molecule has 0 aliphatic carbocycles. The number of nitrogens with zero attached hydrogens (tertiary/aromatic N) is 1. The first-order chi connectivity index (χ1) is 16.8. The molecule has 0 saturated heterocycles. The molecule has 5 unspecified atom stereocenters. The van der Waals surface area contributed by atoms with E-state index in [-0.39, 0.29) is 37.7 Å². The molecule has 0 saturated carbocycles. The van der Waals surface area contributed by atoms with Gasteiger partial charge in [0.2, 0.25) is 17.7 Å². The normalized spacial score (nSPS) is 15.2. The summed E-state index contributed by atoms with van der Waals surface area (Å²) >= 11 is 0. The van der Waals surface area contributed by atoms with E-state index < -0.39 is 54.0 Å². The van der Waals surface area contributed by atoms with E-state index in [4.69, 9.17) is 22.9 Å². The topological polar surface area (TPSA) is 261 Å². The van der Waals surface area contributed by atoms with Crippen LogP contribution in [0, 0.1) is 5.92 Å². The van der Waals surface area contributed by atoms with Gasteiger partial charge in [0.1, 0.15) is 24.2 Å². The van der Waals surface area contributed by atoms with Gasteiger partial charge in [-0.3, -0.25) is 19.4 Å². The van der Waals surface area contributed by atoms with Gasteiger partial charge in [-0.1, -0.05) is 13.8 Å². The van der Waals surface area contributed by atoms with Crippen LogP contribution in [0.5, 0.6) is 0 Å². The highest BCUT2D eigenvalue weighted by atomic mass is 16.4. The van der Waals surface area contributed by atoms with Gasteiger partial charge < -0.3 is 49.1 Å².